The summed E-state index contributed by atoms with van der Waals surface area (Å²) in [6.45, 7) is 4.71. The molecule has 0 radical (unpaired) electrons. The summed E-state index contributed by atoms with van der Waals surface area (Å²) in [5.41, 5.74) is 5.88. The summed E-state index contributed by atoms with van der Waals surface area (Å²) < 4.78 is 0. The van der Waals surface area contributed by atoms with Crippen LogP contribution in [0.15, 0.2) is 0 Å². The summed E-state index contributed by atoms with van der Waals surface area (Å²) >= 11 is 0. The van der Waals surface area contributed by atoms with Gasteiger partial charge in [-0.3, -0.25) is 9.59 Å². The third kappa shape index (κ3) is 3.43. The third-order valence-corrected chi connectivity index (χ3v) is 3.13. The van der Waals surface area contributed by atoms with E-state index in [9.17, 15) is 9.59 Å². The van der Waals surface area contributed by atoms with Crippen LogP contribution in [0, 0.1) is 5.92 Å². The molecule has 0 bridgehead atoms. The Morgan fingerprint density at radius 2 is 2.12 bits per heavy atom. The standard InChI is InChI=1S/C12H23N3O2/c1-8(2)7-9(13)12(17)15-6-4-5-10(15)11(16)14-3/h8-10H,4-7,13H2,1-3H3,(H,14,16)/t9-,10?/m0/s1. The molecule has 0 spiro atoms. The molecule has 0 aromatic heterocycles. The number of carbonyl (C=O) groups excluding carboxylic acids is 2. The molecule has 1 unspecified atom stereocenters. The number of nitrogens with one attached hydrogen (secondary N) is 1. The molecular formula is C12H23N3O2. The van der Waals surface area contributed by atoms with Crippen LogP contribution in [0.3, 0.4) is 0 Å². The van der Waals surface area contributed by atoms with Gasteiger partial charge in [-0.25, -0.2) is 0 Å². The Morgan fingerprint density at radius 1 is 1.47 bits per heavy atom. The number of likely N-dealkylation sites (tertiary alicyclic amines) is 1. The lowest BCUT2D eigenvalue weighted by Gasteiger charge is -2.26. The fraction of sp³-hybridized carbons (Fsp3) is 0.833. The monoisotopic (exact) mass is 241 g/mol. The van der Waals surface area contributed by atoms with Gasteiger partial charge in [0.15, 0.2) is 0 Å². The first-order valence-electron chi connectivity index (χ1n) is 6.25. The molecule has 1 fully saturated rings. The zero-order chi connectivity index (χ0) is 13.0. The number of hydrogen-bond donors (Lipinski definition) is 2. The fourth-order valence-electron chi connectivity index (χ4n) is 2.29. The summed E-state index contributed by atoms with van der Waals surface area (Å²) in [5.74, 6) is 0.201. The van der Waals surface area contributed by atoms with Crippen molar-refractivity contribution in [3.05, 3.63) is 0 Å². The lowest BCUT2D eigenvalue weighted by molar-refractivity contribution is -0.139. The molecule has 2 amide bonds. The highest BCUT2D eigenvalue weighted by molar-refractivity contribution is 5.90. The Hall–Kier alpha value is -1.10. The van der Waals surface area contributed by atoms with Crippen molar-refractivity contribution >= 4 is 11.8 Å². The van der Waals surface area contributed by atoms with Gasteiger partial charge >= 0.3 is 0 Å². The van der Waals surface area contributed by atoms with E-state index in [1.54, 1.807) is 11.9 Å². The van der Waals surface area contributed by atoms with E-state index in [0.717, 1.165) is 12.8 Å². The first-order valence-corrected chi connectivity index (χ1v) is 6.25. The van der Waals surface area contributed by atoms with Crippen molar-refractivity contribution in [2.24, 2.45) is 11.7 Å². The van der Waals surface area contributed by atoms with Crippen molar-refractivity contribution in [3.63, 3.8) is 0 Å². The molecule has 0 aromatic rings. The van der Waals surface area contributed by atoms with Crippen molar-refractivity contribution in [2.75, 3.05) is 13.6 Å². The number of rotatable bonds is 4. The van der Waals surface area contributed by atoms with Gasteiger partial charge in [0, 0.05) is 13.6 Å². The highest BCUT2D eigenvalue weighted by atomic mass is 16.2. The van der Waals surface area contributed by atoms with Gasteiger partial charge in [0.1, 0.15) is 6.04 Å². The lowest BCUT2D eigenvalue weighted by atomic mass is 10.0. The van der Waals surface area contributed by atoms with Crippen LogP contribution in [-0.4, -0.2) is 42.4 Å². The first kappa shape index (κ1) is 14.0. The van der Waals surface area contributed by atoms with Gasteiger partial charge in [0.2, 0.25) is 11.8 Å². The van der Waals surface area contributed by atoms with Gasteiger partial charge in [0.05, 0.1) is 6.04 Å². The maximum Gasteiger partial charge on any atom is 0.242 e. The van der Waals surface area contributed by atoms with Crippen LogP contribution in [0.25, 0.3) is 0 Å². The highest BCUT2D eigenvalue weighted by Gasteiger charge is 2.35. The normalized spacial score (nSPS) is 21.7. The molecule has 2 atom stereocenters. The summed E-state index contributed by atoms with van der Waals surface area (Å²) in [6.07, 6.45) is 2.27. The second-order valence-electron chi connectivity index (χ2n) is 5.04. The zero-order valence-electron chi connectivity index (χ0n) is 10.9. The quantitative estimate of drug-likeness (QED) is 0.733. The third-order valence-electron chi connectivity index (χ3n) is 3.13. The second kappa shape index (κ2) is 6.00. The van der Waals surface area contributed by atoms with Gasteiger partial charge in [-0.05, 0) is 25.2 Å². The molecule has 98 valence electrons. The molecule has 0 saturated carbocycles. The van der Waals surface area contributed by atoms with Gasteiger partial charge in [0.25, 0.3) is 0 Å². The molecule has 1 aliphatic heterocycles. The molecule has 5 nitrogen and oxygen atoms in total. The molecule has 5 heteroatoms. The van der Waals surface area contributed by atoms with E-state index in [0.29, 0.717) is 18.9 Å². The Bertz CT molecular complexity index is 291. The van der Waals surface area contributed by atoms with E-state index >= 15 is 0 Å². The van der Waals surface area contributed by atoms with Crippen LogP contribution in [0.5, 0.6) is 0 Å². The van der Waals surface area contributed by atoms with Crippen LogP contribution >= 0.6 is 0 Å². The van der Waals surface area contributed by atoms with Crippen LogP contribution in [0.4, 0.5) is 0 Å². The summed E-state index contributed by atoms with van der Waals surface area (Å²) in [6, 6.07) is -0.814. The second-order valence-corrected chi connectivity index (χ2v) is 5.04. The van der Waals surface area contributed by atoms with Crippen molar-refractivity contribution in [1.82, 2.24) is 10.2 Å². The summed E-state index contributed by atoms with van der Waals surface area (Å²) in [7, 11) is 1.59. The van der Waals surface area contributed by atoms with Gasteiger partial charge in [-0.2, -0.15) is 0 Å². The fourth-order valence-corrected chi connectivity index (χ4v) is 2.29. The van der Waals surface area contributed by atoms with Crippen LogP contribution in [0.1, 0.15) is 33.1 Å². The molecule has 0 aliphatic carbocycles. The molecular weight excluding hydrogens is 218 g/mol. The number of hydrogen-bond acceptors (Lipinski definition) is 3. The minimum Gasteiger partial charge on any atom is -0.357 e. The topological polar surface area (TPSA) is 75.4 Å². The van der Waals surface area contributed by atoms with E-state index in [-0.39, 0.29) is 17.9 Å². The van der Waals surface area contributed by atoms with Crippen molar-refractivity contribution in [1.29, 1.82) is 0 Å². The Kier molecular flexibility index (Phi) is 4.93. The van der Waals surface area contributed by atoms with Crippen LogP contribution < -0.4 is 11.1 Å². The smallest absolute Gasteiger partial charge is 0.242 e. The number of nitrogens with zero attached hydrogens (tertiary/aromatic N) is 1. The minimum absolute atomic E-state index is 0.0902. The van der Waals surface area contributed by atoms with Crippen LogP contribution in [-0.2, 0) is 9.59 Å². The molecule has 1 aliphatic rings. The number of likely N-dealkylation sites (N-methyl/N-ethyl adjacent to an activating group) is 1. The van der Waals surface area contributed by atoms with E-state index in [1.807, 2.05) is 13.8 Å². The lowest BCUT2D eigenvalue weighted by Crippen LogP contribution is -2.51. The molecule has 1 rings (SSSR count). The average Bonchev–Trinajstić information content (AvgIpc) is 2.74. The zero-order valence-corrected chi connectivity index (χ0v) is 10.9. The Morgan fingerprint density at radius 3 is 2.65 bits per heavy atom. The SMILES string of the molecule is CNC(=O)C1CCCN1C(=O)[C@@H](N)CC(C)C. The number of carbonyl (C=O) groups is 2. The van der Waals surface area contributed by atoms with E-state index in [2.05, 4.69) is 5.32 Å². The van der Waals surface area contributed by atoms with Gasteiger partial charge in [-0.15, -0.1) is 0 Å². The molecule has 17 heavy (non-hydrogen) atoms. The van der Waals surface area contributed by atoms with Crippen LogP contribution in [0.2, 0.25) is 0 Å². The van der Waals surface area contributed by atoms with E-state index in [1.165, 1.54) is 0 Å². The Balaban J connectivity index is 2.64. The van der Waals surface area contributed by atoms with Crippen molar-refractivity contribution in [3.8, 4) is 0 Å². The van der Waals surface area contributed by atoms with Crippen molar-refractivity contribution < 1.29 is 9.59 Å². The minimum atomic E-state index is -0.486. The van der Waals surface area contributed by atoms with E-state index in [4.69, 9.17) is 5.73 Å². The first-order chi connectivity index (χ1) is 7.97. The van der Waals surface area contributed by atoms with Gasteiger partial charge in [-0.1, -0.05) is 13.8 Å². The average molecular weight is 241 g/mol. The number of nitrogens with two attached hydrogens (primary N) is 1. The summed E-state index contributed by atoms with van der Waals surface area (Å²) in [4.78, 5) is 25.4. The summed E-state index contributed by atoms with van der Waals surface area (Å²) in [5, 5.41) is 2.60. The van der Waals surface area contributed by atoms with Crippen molar-refractivity contribution in [2.45, 2.75) is 45.2 Å². The van der Waals surface area contributed by atoms with Gasteiger partial charge < -0.3 is 16.0 Å². The maximum atomic E-state index is 12.1. The predicted molar refractivity (Wildman–Crippen MR) is 66.2 cm³/mol. The Labute approximate surface area is 103 Å². The van der Waals surface area contributed by atoms with E-state index < -0.39 is 6.04 Å². The molecule has 1 heterocycles. The largest absolute Gasteiger partial charge is 0.357 e. The predicted octanol–water partition coefficient (Wildman–Crippen LogP) is 0.0968. The molecule has 3 N–H and O–H groups in total. The number of amides is 2. The highest BCUT2D eigenvalue weighted by Crippen LogP contribution is 2.19. The molecule has 0 aromatic carbocycles. The maximum absolute atomic E-state index is 12.1. The molecule has 1 saturated heterocycles.